The monoisotopic (exact) mass is 219 g/mol. The lowest BCUT2D eigenvalue weighted by molar-refractivity contribution is 0.154. The Hall–Kier alpha value is -0.860. The highest BCUT2D eigenvalue weighted by Crippen LogP contribution is 2.25. The maximum atomic E-state index is 10.2. The van der Waals surface area contributed by atoms with Crippen molar-refractivity contribution in [3.8, 4) is 0 Å². The highest BCUT2D eigenvalue weighted by atomic mass is 16.3. The largest absolute Gasteiger partial charge is 0.388 e. The number of hydrogen-bond donors (Lipinski definition) is 2. The van der Waals surface area contributed by atoms with Crippen molar-refractivity contribution in [2.75, 3.05) is 6.54 Å². The molecule has 1 aromatic carbocycles. The normalized spacial score (nSPS) is 22.3. The molecule has 0 radical (unpaired) electrons. The van der Waals surface area contributed by atoms with E-state index in [4.69, 9.17) is 0 Å². The van der Waals surface area contributed by atoms with Crippen LogP contribution in [-0.4, -0.2) is 17.7 Å². The Morgan fingerprint density at radius 1 is 1.44 bits per heavy atom. The van der Waals surface area contributed by atoms with Gasteiger partial charge in [0.15, 0.2) is 0 Å². The maximum Gasteiger partial charge on any atom is 0.0807 e. The van der Waals surface area contributed by atoms with E-state index < -0.39 is 0 Å². The second kappa shape index (κ2) is 4.98. The van der Waals surface area contributed by atoms with E-state index in [1.54, 1.807) is 0 Å². The lowest BCUT2D eigenvalue weighted by Crippen LogP contribution is -2.23. The number of benzene rings is 1. The van der Waals surface area contributed by atoms with Gasteiger partial charge in [0.1, 0.15) is 0 Å². The number of aryl methyl sites for hydroxylation is 2. The van der Waals surface area contributed by atoms with Crippen LogP contribution in [0.2, 0.25) is 0 Å². The van der Waals surface area contributed by atoms with Crippen molar-refractivity contribution in [3.05, 3.63) is 34.9 Å². The Morgan fingerprint density at radius 2 is 2.25 bits per heavy atom. The lowest BCUT2D eigenvalue weighted by atomic mass is 9.96. The van der Waals surface area contributed by atoms with Gasteiger partial charge in [-0.25, -0.2) is 0 Å². The molecule has 0 aliphatic carbocycles. The Bertz CT molecular complexity index is 356. The summed E-state index contributed by atoms with van der Waals surface area (Å²) >= 11 is 0. The fourth-order valence-corrected chi connectivity index (χ4v) is 2.55. The van der Waals surface area contributed by atoms with Gasteiger partial charge in [0.25, 0.3) is 0 Å². The van der Waals surface area contributed by atoms with Crippen LogP contribution in [0.15, 0.2) is 18.2 Å². The first-order valence-electron chi connectivity index (χ1n) is 6.15. The fraction of sp³-hybridized carbons (Fsp3) is 0.571. The molecule has 1 aliphatic heterocycles. The van der Waals surface area contributed by atoms with Crippen LogP contribution in [0.4, 0.5) is 0 Å². The molecule has 0 aromatic heterocycles. The topological polar surface area (TPSA) is 32.3 Å². The highest BCUT2D eigenvalue weighted by Gasteiger charge is 2.19. The van der Waals surface area contributed by atoms with Gasteiger partial charge in [-0.3, -0.25) is 0 Å². The van der Waals surface area contributed by atoms with E-state index in [2.05, 4.69) is 37.4 Å². The van der Waals surface area contributed by atoms with E-state index in [-0.39, 0.29) is 6.10 Å². The maximum absolute atomic E-state index is 10.2. The molecule has 0 spiro atoms. The third-order valence-corrected chi connectivity index (χ3v) is 3.45. The van der Waals surface area contributed by atoms with E-state index in [9.17, 15) is 5.11 Å². The predicted molar refractivity (Wildman–Crippen MR) is 66.5 cm³/mol. The van der Waals surface area contributed by atoms with Crippen LogP contribution in [0.1, 0.15) is 42.1 Å². The van der Waals surface area contributed by atoms with Gasteiger partial charge in [0, 0.05) is 6.04 Å². The van der Waals surface area contributed by atoms with Crippen molar-refractivity contribution in [2.24, 2.45) is 0 Å². The number of rotatable bonds is 3. The molecule has 1 fully saturated rings. The zero-order valence-corrected chi connectivity index (χ0v) is 10.2. The van der Waals surface area contributed by atoms with E-state index in [1.807, 2.05) is 0 Å². The van der Waals surface area contributed by atoms with Gasteiger partial charge in [-0.1, -0.05) is 23.8 Å². The van der Waals surface area contributed by atoms with Gasteiger partial charge in [0.05, 0.1) is 6.10 Å². The van der Waals surface area contributed by atoms with Crippen molar-refractivity contribution in [1.29, 1.82) is 0 Å². The molecule has 16 heavy (non-hydrogen) atoms. The summed E-state index contributed by atoms with van der Waals surface area (Å²) < 4.78 is 0. The van der Waals surface area contributed by atoms with Crippen LogP contribution >= 0.6 is 0 Å². The van der Waals surface area contributed by atoms with Crippen LogP contribution in [0, 0.1) is 13.8 Å². The number of aliphatic hydroxyl groups excluding tert-OH is 1. The minimum atomic E-state index is -0.323. The molecule has 1 aliphatic rings. The van der Waals surface area contributed by atoms with Crippen molar-refractivity contribution >= 4 is 0 Å². The summed E-state index contributed by atoms with van der Waals surface area (Å²) in [6, 6.07) is 6.77. The summed E-state index contributed by atoms with van der Waals surface area (Å²) in [5.41, 5.74) is 3.54. The molecule has 2 nitrogen and oxygen atoms in total. The molecule has 0 amide bonds. The molecule has 2 heteroatoms. The number of nitrogens with one attached hydrogen (secondary N) is 1. The van der Waals surface area contributed by atoms with Crippen LogP contribution in [-0.2, 0) is 0 Å². The Morgan fingerprint density at radius 3 is 2.88 bits per heavy atom. The zero-order valence-electron chi connectivity index (χ0n) is 10.2. The van der Waals surface area contributed by atoms with Gasteiger partial charge in [0.2, 0.25) is 0 Å². The van der Waals surface area contributed by atoms with Crippen LogP contribution in [0.3, 0.4) is 0 Å². The van der Waals surface area contributed by atoms with Gasteiger partial charge < -0.3 is 10.4 Å². The predicted octanol–water partition coefficient (Wildman–Crippen LogP) is 2.48. The smallest absolute Gasteiger partial charge is 0.0807 e. The molecule has 1 aromatic rings. The first kappa shape index (κ1) is 11.6. The summed E-state index contributed by atoms with van der Waals surface area (Å²) in [5, 5.41) is 13.6. The minimum Gasteiger partial charge on any atom is -0.388 e. The summed E-state index contributed by atoms with van der Waals surface area (Å²) in [4.78, 5) is 0. The van der Waals surface area contributed by atoms with Gasteiger partial charge in [-0.2, -0.15) is 0 Å². The second-order valence-corrected chi connectivity index (χ2v) is 4.90. The molecule has 1 saturated heterocycles. The van der Waals surface area contributed by atoms with Gasteiger partial charge >= 0.3 is 0 Å². The zero-order chi connectivity index (χ0) is 11.5. The van der Waals surface area contributed by atoms with Crippen molar-refractivity contribution < 1.29 is 5.11 Å². The molecule has 2 rings (SSSR count). The van der Waals surface area contributed by atoms with Crippen molar-refractivity contribution in [3.63, 3.8) is 0 Å². The summed E-state index contributed by atoms with van der Waals surface area (Å²) in [6.07, 6.45) is 2.95. The molecule has 2 N–H and O–H groups in total. The Labute approximate surface area is 97.7 Å². The van der Waals surface area contributed by atoms with Crippen molar-refractivity contribution in [2.45, 2.75) is 45.3 Å². The molecule has 0 bridgehead atoms. The molecular formula is C14H21NO. The number of aliphatic hydroxyl groups is 1. The minimum absolute atomic E-state index is 0.323. The first-order valence-corrected chi connectivity index (χ1v) is 6.15. The molecule has 0 saturated carbocycles. The standard InChI is InChI=1S/C14H21NO/c1-10-5-6-13(11(2)8-10)14(16)9-12-4-3-7-15-12/h5-6,8,12,14-16H,3-4,7,9H2,1-2H3. The third kappa shape index (κ3) is 2.63. The summed E-state index contributed by atoms with van der Waals surface area (Å²) in [6.45, 7) is 5.26. The van der Waals surface area contributed by atoms with Crippen molar-refractivity contribution in [1.82, 2.24) is 5.32 Å². The SMILES string of the molecule is Cc1ccc(C(O)CC2CCCN2)c(C)c1. The first-order chi connectivity index (χ1) is 7.66. The quantitative estimate of drug-likeness (QED) is 0.818. The van der Waals surface area contributed by atoms with E-state index in [0.29, 0.717) is 6.04 Å². The number of hydrogen-bond acceptors (Lipinski definition) is 2. The Kier molecular flexibility index (Phi) is 3.62. The van der Waals surface area contributed by atoms with E-state index >= 15 is 0 Å². The second-order valence-electron chi connectivity index (χ2n) is 4.90. The molecular weight excluding hydrogens is 198 g/mol. The van der Waals surface area contributed by atoms with E-state index in [0.717, 1.165) is 18.5 Å². The van der Waals surface area contributed by atoms with Gasteiger partial charge in [-0.15, -0.1) is 0 Å². The van der Waals surface area contributed by atoms with E-state index in [1.165, 1.54) is 24.0 Å². The lowest BCUT2D eigenvalue weighted by Gasteiger charge is -2.18. The van der Waals surface area contributed by atoms with Crippen LogP contribution in [0.5, 0.6) is 0 Å². The Balaban J connectivity index is 2.04. The van der Waals surface area contributed by atoms with Crippen LogP contribution < -0.4 is 5.32 Å². The fourth-order valence-electron chi connectivity index (χ4n) is 2.55. The van der Waals surface area contributed by atoms with Gasteiger partial charge in [-0.05, 0) is 50.8 Å². The third-order valence-electron chi connectivity index (χ3n) is 3.45. The summed E-state index contributed by atoms with van der Waals surface area (Å²) in [5.74, 6) is 0. The molecule has 2 unspecified atom stereocenters. The molecule has 2 atom stereocenters. The highest BCUT2D eigenvalue weighted by molar-refractivity contribution is 5.32. The average molecular weight is 219 g/mol. The molecule has 88 valence electrons. The van der Waals surface area contributed by atoms with Crippen LogP contribution in [0.25, 0.3) is 0 Å². The average Bonchev–Trinajstić information content (AvgIpc) is 2.70. The summed E-state index contributed by atoms with van der Waals surface area (Å²) in [7, 11) is 0. The molecule has 1 heterocycles.